The lowest BCUT2D eigenvalue weighted by Crippen LogP contribution is -2.51. The molecule has 2 aromatic rings. The second-order valence-corrected chi connectivity index (χ2v) is 7.72. The molecule has 0 saturated carbocycles. The Labute approximate surface area is 181 Å². The Kier molecular flexibility index (Phi) is 7.14. The van der Waals surface area contributed by atoms with Gasteiger partial charge in [0.05, 0.1) is 17.9 Å². The molecule has 4 N–H and O–H groups in total. The molecule has 1 amide bonds. The Morgan fingerprint density at radius 1 is 1.25 bits per heavy atom. The van der Waals surface area contributed by atoms with Crippen molar-refractivity contribution in [2.24, 2.45) is 5.41 Å². The summed E-state index contributed by atoms with van der Waals surface area (Å²) in [6.07, 6.45) is 0.594. The quantitative estimate of drug-likeness (QED) is 0.520. The number of benzene rings is 1. The Morgan fingerprint density at radius 3 is 2.47 bits per heavy atom. The van der Waals surface area contributed by atoms with Gasteiger partial charge in [-0.15, -0.1) is 0 Å². The van der Waals surface area contributed by atoms with Gasteiger partial charge in [0, 0.05) is 30.3 Å². The van der Waals surface area contributed by atoms with Crippen molar-refractivity contribution in [3.63, 3.8) is 0 Å². The van der Waals surface area contributed by atoms with Crippen molar-refractivity contribution in [2.45, 2.75) is 31.6 Å². The second kappa shape index (κ2) is 9.65. The molecule has 1 aromatic carbocycles. The van der Waals surface area contributed by atoms with E-state index < -0.39 is 12.1 Å². The molecular formula is C20H23F4N5O3. The highest BCUT2D eigenvalue weighted by Crippen LogP contribution is 2.36. The molecular weight excluding hydrogens is 434 g/mol. The van der Waals surface area contributed by atoms with E-state index >= 15 is 0 Å². The van der Waals surface area contributed by atoms with E-state index in [9.17, 15) is 22.4 Å². The monoisotopic (exact) mass is 457 g/mol. The minimum absolute atomic E-state index is 0.00921. The summed E-state index contributed by atoms with van der Waals surface area (Å²) in [7, 11) is 0. The van der Waals surface area contributed by atoms with Crippen LogP contribution in [-0.4, -0.2) is 58.6 Å². The van der Waals surface area contributed by atoms with E-state index in [4.69, 9.17) is 9.90 Å². The number of carbonyl (C=O) groups is 2. The topological polar surface area (TPSA) is 108 Å². The van der Waals surface area contributed by atoms with Gasteiger partial charge in [0.15, 0.2) is 0 Å². The highest BCUT2D eigenvalue weighted by atomic mass is 19.4. The number of piperidine rings is 1. The van der Waals surface area contributed by atoms with Crippen LogP contribution >= 0.6 is 0 Å². The number of rotatable bonds is 4. The molecule has 32 heavy (non-hydrogen) atoms. The lowest BCUT2D eigenvalue weighted by Gasteiger charge is -2.37. The number of alkyl halides is 3. The first-order valence-corrected chi connectivity index (χ1v) is 9.92. The third-order valence-corrected chi connectivity index (χ3v) is 5.57. The molecule has 0 radical (unpaired) electrons. The van der Waals surface area contributed by atoms with Gasteiger partial charge in [-0.25, -0.2) is 13.9 Å². The summed E-state index contributed by atoms with van der Waals surface area (Å²) in [5, 5.41) is 21.3. The predicted molar refractivity (Wildman–Crippen MR) is 105 cm³/mol. The Bertz CT molecular complexity index is 939. The average Bonchev–Trinajstić information content (AvgIpc) is 3.33. The number of aromatic nitrogens is 2. The molecule has 1 spiro atoms. The minimum atomic E-state index is -5.08. The number of hydrogen-bond acceptors (Lipinski definition) is 5. The highest BCUT2D eigenvalue weighted by Gasteiger charge is 2.48. The second-order valence-electron chi connectivity index (χ2n) is 7.72. The first kappa shape index (κ1) is 23.7. The van der Waals surface area contributed by atoms with Crippen molar-refractivity contribution < 1.29 is 32.3 Å². The van der Waals surface area contributed by atoms with Gasteiger partial charge in [0.25, 0.3) is 0 Å². The van der Waals surface area contributed by atoms with E-state index in [-0.39, 0.29) is 23.2 Å². The fourth-order valence-electron chi connectivity index (χ4n) is 3.85. The van der Waals surface area contributed by atoms with Gasteiger partial charge in [0.1, 0.15) is 5.82 Å². The van der Waals surface area contributed by atoms with Crippen molar-refractivity contribution in [1.29, 1.82) is 0 Å². The number of carbonyl (C=O) groups excluding carboxylic acids is 1. The van der Waals surface area contributed by atoms with Crippen molar-refractivity contribution >= 4 is 11.9 Å². The molecule has 2 aliphatic heterocycles. The van der Waals surface area contributed by atoms with Crippen LogP contribution in [0.15, 0.2) is 36.7 Å². The standard InChI is InChI=1S/C18H22FN5O.C2HF3O2/c19-14-1-3-15(4-2-14)24-11-13(10-23-24)9-21-16-17(25)22-12-18(16)5-7-20-8-6-18;3-2(4,5)1(6)7/h1-4,10-11,16,20-21H,5-9,12H2,(H,22,25);(H,6,7). The van der Waals surface area contributed by atoms with Crippen LogP contribution in [0.2, 0.25) is 0 Å². The van der Waals surface area contributed by atoms with Crippen LogP contribution in [0.5, 0.6) is 0 Å². The Hall–Kier alpha value is -2.99. The Balaban J connectivity index is 0.000000360. The molecule has 1 aromatic heterocycles. The van der Waals surface area contributed by atoms with Crippen molar-refractivity contribution in [3.8, 4) is 5.69 Å². The van der Waals surface area contributed by atoms with Crippen molar-refractivity contribution in [1.82, 2.24) is 25.7 Å². The zero-order chi connectivity index (χ0) is 23.4. The van der Waals surface area contributed by atoms with E-state index in [2.05, 4.69) is 21.0 Å². The van der Waals surface area contributed by atoms with Gasteiger partial charge in [-0.2, -0.15) is 18.3 Å². The van der Waals surface area contributed by atoms with Crippen LogP contribution in [0.1, 0.15) is 18.4 Å². The molecule has 2 aliphatic rings. The summed E-state index contributed by atoms with van der Waals surface area (Å²) in [6.45, 7) is 3.24. The van der Waals surface area contributed by atoms with Crippen LogP contribution < -0.4 is 16.0 Å². The molecule has 1 atom stereocenters. The normalized spacial score (nSPS) is 19.9. The fourth-order valence-corrected chi connectivity index (χ4v) is 3.85. The van der Waals surface area contributed by atoms with E-state index in [1.54, 1.807) is 23.0 Å². The van der Waals surface area contributed by atoms with E-state index in [0.29, 0.717) is 6.54 Å². The number of halogens is 4. The zero-order valence-corrected chi connectivity index (χ0v) is 17.0. The van der Waals surface area contributed by atoms with Crippen LogP contribution in [0, 0.1) is 11.2 Å². The number of nitrogens with one attached hydrogen (secondary N) is 3. The van der Waals surface area contributed by atoms with E-state index in [1.807, 2.05) is 6.20 Å². The SMILES string of the molecule is O=C(O)C(F)(F)F.O=C1NCC2(CCNCC2)C1NCc1cnn(-c2ccc(F)cc2)c1. The smallest absolute Gasteiger partial charge is 0.475 e. The summed E-state index contributed by atoms with van der Waals surface area (Å²) in [4.78, 5) is 21.2. The molecule has 8 nitrogen and oxygen atoms in total. The van der Waals surface area contributed by atoms with Gasteiger partial charge >= 0.3 is 12.1 Å². The van der Waals surface area contributed by atoms with Crippen molar-refractivity contribution in [3.05, 3.63) is 48.0 Å². The molecule has 12 heteroatoms. The number of carboxylic acids is 1. The van der Waals surface area contributed by atoms with E-state index in [1.165, 1.54) is 12.1 Å². The summed E-state index contributed by atoms with van der Waals surface area (Å²) in [6, 6.07) is 6.04. The molecule has 2 saturated heterocycles. The molecule has 1 unspecified atom stereocenters. The first-order valence-electron chi connectivity index (χ1n) is 9.92. The van der Waals surface area contributed by atoms with Crippen LogP contribution in [-0.2, 0) is 16.1 Å². The Morgan fingerprint density at radius 2 is 1.88 bits per heavy atom. The minimum Gasteiger partial charge on any atom is -0.475 e. The van der Waals surface area contributed by atoms with Gasteiger partial charge < -0.3 is 21.1 Å². The van der Waals surface area contributed by atoms with Gasteiger partial charge in [0.2, 0.25) is 5.91 Å². The third kappa shape index (κ3) is 5.62. The molecule has 3 heterocycles. The lowest BCUT2D eigenvalue weighted by atomic mass is 9.75. The van der Waals surface area contributed by atoms with E-state index in [0.717, 1.165) is 43.7 Å². The maximum Gasteiger partial charge on any atom is 0.490 e. The van der Waals surface area contributed by atoms with Gasteiger partial charge in [-0.05, 0) is 50.2 Å². The highest BCUT2D eigenvalue weighted by molar-refractivity contribution is 5.85. The van der Waals surface area contributed by atoms with Gasteiger partial charge in [-0.3, -0.25) is 4.79 Å². The summed E-state index contributed by atoms with van der Waals surface area (Å²) < 4.78 is 46.5. The van der Waals surface area contributed by atoms with Crippen LogP contribution in [0.3, 0.4) is 0 Å². The summed E-state index contributed by atoms with van der Waals surface area (Å²) in [5.41, 5.74) is 1.81. The third-order valence-electron chi connectivity index (χ3n) is 5.57. The predicted octanol–water partition coefficient (Wildman–Crippen LogP) is 1.60. The number of amides is 1. The molecule has 0 bridgehead atoms. The molecule has 2 fully saturated rings. The van der Waals surface area contributed by atoms with Crippen molar-refractivity contribution in [2.75, 3.05) is 19.6 Å². The number of hydrogen-bond donors (Lipinski definition) is 4. The lowest BCUT2D eigenvalue weighted by molar-refractivity contribution is -0.192. The van der Waals surface area contributed by atoms with Crippen LogP contribution in [0.4, 0.5) is 17.6 Å². The van der Waals surface area contributed by atoms with Gasteiger partial charge in [-0.1, -0.05) is 0 Å². The fraction of sp³-hybridized carbons (Fsp3) is 0.450. The summed E-state index contributed by atoms with van der Waals surface area (Å²) >= 11 is 0. The zero-order valence-electron chi connectivity index (χ0n) is 17.0. The van der Waals surface area contributed by atoms with Crippen LogP contribution in [0.25, 0.3) is 5.69 Å². The summed E-state index contributed by atoms with van der Waals surface area (Å²) in [5.74, 6) is -2.93. The first-order chi connectivity index (χ1) is 15.1. The number of carboxylic acid groups (broad SMARTS) is 1. The average molecular weight is 457 g/mol. The maximum atomic E-state index is 13.0. The molecule has 4 rings (SSSR count). The largest absolute Gasteiger partial charge is 0.490 e. The molecule has 174 valence electrons. The molecule has 0 aliphatic carbocycles. The number of nitrogens with zero attached hydrogens (tertiary/aromatic N) is 2. The maximum absolute atomic E-state index is 13.0. The number of aliphatic carboxylic acids is 1.